The van der Waals surface area contributed by atoms with Crippen molar-refractivity contribution in [3.05, 3.63) is 109 Å². The Labute approximate surface area is 493 Å². The van der Waals surface area contributed by atoms with Gasteiger partial charge in [-0.1, -0.05) is 265 Å². The number of phosphoric acid groups is 1. The molecule has 0 saturated heterocycles. The molecule has 0 saturated carbocycles. The summed E-state index contributed by atoms with van der Waals surface area (Å²) in [7, 11) is 1.13. The summed E-state index contributed by atoms with van der Waals surface area (Å²) in [4.78, 5) is 40.0. The van der Waals surface area contributed by atoms with Gasteiger partial charge in [0.2, 0.25) is 5.91 Å². The second-order valence-electron chi connectivity index (χ2n) is 22.9. The minimum atomic E-state index is -4.72. The molecule has 0 bridgehead atoms. The van der Waals surface area contributed by atoms with Gasteiger partial charge >= 0.3 is 5.97 Å². The van der Waals surface area contributed by atoms with Gasteiger partial charge in [0, 0.05) is 12.8 Å². The van der Waals surface area contributed by atoms with Crippen LogP contribution in [0.2, 0.25) is 0 Å². The van der Waals surface area contributed by atoms with E-state index in [1.54, 1.807) is 0 Å². The number of unbranched alkanes of at least 4 members (excludes halogenated alkanes) is 26. The normalized spacial score (nSPS) is 14.3. The van der Waals surface area contributed by atoms with Gasteiger partial charge in [0.05, 0.1) is 33.8 Å². The molecule has 0 heterocycles. The third kappa shape index (κ3) is 59.3. The first kappa shape index (κ1) is 76.7. The molecule has 0 aliphatic rings. The van der Waals surface area contributed by atoms with Gasteiger partial charge in [0.1, 0.15) is 19.3 Å². The first-order valence-corrected chi connectivity index (χ1v) is 34.2. The van der Waals surface area contributed by atoms with Crippen molar-refractivity contribution < 1.29 is 37.3 Å². The van der Waals surface area contributed by atoms with Crippen LogP contribution in [0.5, 0.6) is 0 Å². The quantitative estimate of drug-likeness (QED) is 0.0212. The standard InChI is InChI=1S/C70H123N2O7P/c1-7-10-13-16-19-22-25-27-29-31-32-33-34-35-36-37-38-39-40-41-43-45-48-51-54-57-60-63-70(74)79-68(61-58-55-52-49-46-24-21-18-15-12-9-3)67(66-78-80(75,76)77-65-64-72(4,5)6)71-69(73)62-59-56-53-50-47-44-42-30-28-26-23-20-17-14-11-8-2/h11,14,19-20,22-23,27-30,32-33,44,47,53,56,58,61,67-68H,7-10,12-13,15-18,21,24-26,31,34-43,45-46,48-52,54-55,57,59-60,62-66H2,1-6H3,(H-,71,73,75,76)/b14-11+,22-19-,23-20+,29-27-,30-28+,33-32-,47-44+,56-53+,61-58-. The third-order valence-electron chi connectivity index (χ3n) is 14.0. The van der Waals surface area contributed by atoms with Gasteiger partial charge in [-0.3, -0.25) is 14.2 Å². The minimum Gasteiger partial charge on any atom is -0.756 e. The van der Waals surface area contributed by atoms with E-state index in [1.165, 1.54) is 141 Å². The van der Waals surface area contributed by atoms with Crippen LogP contribution in [0.4, 0.5) is 0 Å². The number of amides is 1. The molecule has 80 heavy (non-hydrogen) atoms. The fourth-order valence-electron chi connectivity index (χ4n) is 8.93. The van der Waals surface area contributed by atoms with Gasteiger partial charge in [-0.15, -0.1) is 0 Å². The molecular formula is C70H123N2O7P. The lowest BCUT2D eigenvalue weighted by molar-refractivity contribution is -0.870. The van der Waals surface area contributed by atoms with Crippen LogP contribution in [0.15, 0.2) is 109 Å². The van der Waals surface area contributed by atoms with Crippen molar-refractivity contribution in [3.63, 3.8) is 0 Å². The molecule has 0 radical (unpaired) electrons. The molecule has 3 atom stereocenters. The van der Waals surface area contributed by atoms with Crippen LogP contribution in [0, 0.1) is 0 Å². The molecule has 0 aromatic heterocycles. The lowest BCUT2D eigenvalue weighted by Crippen LogP contribution is -2.47. The summed E-state index contributed by atoms with van der Waals surface area (Å²) in [5.74, 6) is -0.641. The van der Waals surface area contributed by atoms with E-state index in [0.29, 0.717) is 17.4 Å². The predicted molar refractivity (Wildman–Crippen MR) is 344 cm³/mol. The Bertz CT molecular complexity index is 1740. The maximum atomic E-state index is 13.5. The molecular weight excluding hydrogens is 1010 g/mol. The highest BCUT2D eigenvalue weighted by atomic mass is 31.2. The summed E-state index contributed by atoms with van der Waals surface area (Å²) >= 11 is 0. The Kier molecular flexibility index (Phi) is 56.4. The van der Waals surface area contributed by atoms with E-state index in [9.17, 15) is 19.0 Å². The number of nitrogens with one attached hydrogen (secondary N) is 1. The number of hydrogen-bond donors (Lipinski definition) is 1. The second-order valence-corrected chi connectivity index (χ2v) is 24.3. The summed E-state index contributed by atoms with van der Waals surface area (Å²) in [6.45, 7) is 6.64. The zero-order chi connectivity index (χ0) is 58.6. The van der Waals surface area contributed by atoms with Crippen molar-refractivity contribution in [1.82, 2.24) is 5.32 Å². The van der Waals surface area contributed by atoms with Crippen LogP contribution < -0.4 is 10.2 Å². The van der Waals surface area contributed by atoms with E-state index in [1.807, 2.05) is 45.4 Å². The van der Waals surface area contributed by atoms with Gasteiger partial charge in [-0.2, -0.15) is 0 Å². The van der Waals surface area contributed by atoms with Crippen molar-refractivity contribution in [3.8, 4) is 0 Å². The minimum absolute atomic E-state index is 0.0400. The average molecular weight is 1140 g/mol. The van der Waals surface area contributed by atoms with E-state index in [2.05, 4.69) is 111 Å². The van der Waals surface area contributed by atoms with Crippen LogP contribution in [0.1, 0.15) is 271 Å². The number of phosphoric ester groups is 1. The molecule has 1 N–H and O–H groups in total. The monoisotopic (exact) mass is 1130 g/mol. The first-order chi connectivity index (χ1) is 38.9. The molecule has 0 aromatic carbocycles. The number of ether oxygens (including phenoxy) is 1. The largest absolute Gasteiger partial charge is 0.756 e. The smallest absolute Gasteiger partial charge is 0.306 e. The Balaban J connectivity index is 5.11. The predicted octanol–water partition coefficient (Wildman–Crippen LogP) is 19.9. The lowest BCUT2D eigenvalue weighted by atomic mass is 10.0. The number of quaternary nitrogens is 1. The van der Waals surface area contributed by atoms with Crippen molar-refractivity contribution in [1.29, 1.82) is 0 Å². The number of likely N-dealkylation sites (N-methyl/N-ethyl adjacent to an activating group) is 1. The van der Waals surface area contributed by atoms with E-state index in [-0.39, 0.29) is 31.3 Å². The number of hydrogen-bond acceptors (Lipinski definition) is 7. The topological polar surface area (TPSA) is 114 Å². The van der Waals surface area contributed by atoms with E-state index in [4.69, 9.17) is 13.8 Å². The Morgan fingerprint density at radius 1 is 0.450 bits per heavy atom. The maximum Gasteiger partial charge on any atom is 0.306 e. The van der Waals surface area contributed by atoms with Gasteiger partial charge < -0.3 is 28.5 Å². The van der Waals surface area contributed by atoms with Crippen molar-refractivity contribution in [2.24, 2.45) is 0 Å². The SMILES string of the molecule is CC/C=C/C/C=C/C/C=C/C/C=C/C/C=C/CCC(=O)NC(COP(=O)([O-])OCC[N+](C)(C)C)C(/C=C\CCCCCCCCCCC)OC(=O)CCCCCCCCCCCCCCCC/C=C\C/C=C\C/C=C\CCCCC. The van der Waals surface area contributed by atoms with E-state index < -0.39 is 26.6 Å². The number of nitrogens with zero attached hydrogens (tertiary/aromatic N) is 1. The summed E-state index contributed by atoms with van der Waals surface area (Å²) in [5, 5.41) is 2.98. The highest BCUT2D eigenvalue weighted by Gasteiger charge is 2.27. The van der Waals surface area contributed by atoms with Gasteiger partial charge in [-0.25, -0.2) is 0 Å². The summed E-state index contributed by atoms with van der Waals surface area (Å²) in [6, 6.07) is -0.934. The molecule has 0 aromatic rings. The van der Waals surface area contributed by atoms with Gasteiger partial charge in [-0.05, 0) is 102 Å². The fraction of sp³-hybridized carbons (Fsp3) is 0.714. The van der Waals surface area contributed by atoms with Crippen molar-refractivity contribution >= 4 is 19.7 Å². The van der Waals surface area contributed by atoms with E-state index >= 15 is 0 Å². The Hall–Kier alpha value is -3.33. The molecule has 0 aliphatic heterocycles. The summed E-state index contributed by atoms with van der Waals surface area (Å²) in [5.41, 5.74) is 0. The van der Waals surface area contributed by atoms with E-state index in [0.717, 1.165) is 89.9 Å². The fourth-order valence-corrected chi connectivity index (χ4v) is 9.65. The molecule has 0 fully saturated rings. The molecule has 10 heteroatoms. The Morgan fingerprint density at radius 3 is 1.25 bits per heavy atom. The zero-order valence-corrected chi connectivity index (χ0v) is 53.4. The van der Waals surface area contributed by atoms with Crippen LogP contribution in [0.25, 0.3) is 0 Å². The maximum absolute atomic E-state index is 13.5. The zero-order valence-electron chi connectivity index (χ0n) is 52.5. The van der Waals surface area contributed by atoms with Crippen LogP contribution in [0.3, 0.4) is 0 Å². The van der Waals surface area contributed by atoms with Crippen molar-refractivity contribution in [2.75, 3.05) is 40.9 Å². The molecule has 0 rings (SSSR count). The molecule has 0 spiro atoms. The van der Waals surface area contributed by atoms with Crippen molar-refractivity contribution in [2.45, 2.75) is 283 Å². The number of allylic oxidation sites excluding steroid dienone is 17. The molecule has 460 valence electrons. The molecule has 0 aliphatic carbocycles. The van der Waals surface area contributed by atoms with Crippen LogP contribution in [-0.4, -0.2) is 69.4 Å². The number of rotatable bonds is 58. The number of carbonyl (C=O) groups excluding carboxylic acids is 2. The third-order valence-corrected chi connectivity index (χ3v) is 14.9. The van der Waals surface area contributed by atoms with Crippen LogP contribution >= 0.6 is 7.82 Å². The lowest BCUT2D eigenvalue weighted by Gasteiger charge is -2.30. The molecule has 9 nitrogen and oxygen atoms in total. The second kappa shape index (κ2) is 58.9. The highest BCUT2D eigenvalue weighted by Crippen LogP contribution is 2.38. The van der Waals surface area contributed by atoms with Gasteiger partial charge in [0.15, 0.2) is 0 Å². The first-order valence-electron chi connectivity index (χ1n) is 32.7. The molecule has 1 amide bonds. The number of carbonyl (C=O) groups is 2. The van der Waals surface area contributed by atoms with Crippen LogP contribution in [-0.2, 0) is 27.9 Å². The highest BCUT2D eigenvalue weighted by molar-refractivity contribution is 7.45. The summed E-state index contributed by atoms with van der Waals surface area (Å²) in [6.07, 6.45) is 80.9. The van der Waals surface area contributed by atoms with Gasteiger partial charge in [0.25, 0.3) is 7.82 Å². The Morgan fingerprint density at radius 2 is 0.812 bits per heavy atom. The summed E-state index contributed by atoms with van der Waals surface area (Å²) < 4.78 is 30.3. The number of esters is 1. The average Bonchev–Trinajstić information content (AvgIpc) is 3.43. The molecule has 3 unspecified atom stereocenters.